The zero-order valence-electron chi connectivity index (χ0n) is 20.6. The standard InChI is InChI=1S/C20H24N4O.2C2HF3O2/c1-15-4-2-6-17(22-15)14-24-19-9-11-23(18(19)7-8-20(24)25)13-16-5-3-10-21-12-16;2*3-2(4,5)1(6)7/h2-6,10,12,18-19H,7-9,11,13-14H2,1H3;2*(H,6,7)/t18-,19-;;/m1../s1. The van der Waals surface area contributed by atoms with Crippen molar-refractivity contribution in [3.05, 3.63) is 59.7 Å². The van der Waals surface area contributed by atoms with Gasteiger partial charge in [0.15, 0.2) is 0 Å². The number of pyridine rings is 2. The highest BCUT2D eigenvalue weighted by Crippen LogP contribution is 2.33. The minimum Gasteiger partial charge on any atom is -0.475 e. The zero-order chi connectivity index (χ0) is 29.4. The summed E-state index contributed by atoms with van der Waals surface area (Å²) in [6.07, 6.45) is -3.78. The number of carboxylic acids is 2. The number of piperidine rings is 1. The maximum Gasteiger partial charge on any atom is 0.490 e. The smallest absolute Gasteiger partial charge is 0.475 e. The van der Waals surface area contributed by atoms with Crippen LogP contribution in [0.25, 0.3) is 0 Å². The van der Waals surface area contributed by atoms with E-state index in [0.717, 1.165) is 37.3 Å². The highest BCUT2D eigenvalue weighted by molar-refractivity contribution is 5.77. The number of nitrogens with zero attached hydrogens (tertiary/aromatic N) is 4. The van der Waals surface area contributed by atoms with Gasteiger partial charge in [-0.15, -0.1) is 0 Å². The Morgan fingerprint density at radius 2 is 1.56 bits per heavy atom. The number of carboxylic acid groups (broad SMARTS) is 2. The van der Waals surface area contributed by atoms with E-state index in [1.807, 2.05) is 43.6 Å². The van der Waals surface area contributed by atoms with Crippen LogP contribution in [0.15, 0.2) is 42.7 Å². The molecule has 0 aliphatic carbocycles. The van der Waals surface area contributed by atoms with Crippen molar-refractivity contribution in [3.63, 3.8) is 0 Å². The summed E-state index contributed by atoms with van der Waals surface area (Å²) in [5.41, 5.74) is 3.23. The third-order valence-electron chi connectivity index (χ3n) is 5.87. The highest BCUT2D eigenvalue weighted by Gasteiger charge is 2.43. The summed E-state index contributed by atoms with van der Waals surface area (Å²) >= 11 is 0. The molecule has 0 aromatic carbocycles. The number of alkyl halides is 6. The lowest BCUT2D eigenvalue weighted by atomic mass is 9.95. The largest absolute Gasteiger partial charge is 0.490 e. The Hall–Kier alpha value is -3.75. The zero-order valence-corrected chi connectivity index (χ0v) is 20.6. The first kappa shape index (κ1) is 31.5. The van der Waals surface area contributed by atoms with Crippen molar-refractivity contribution < 1.29 is 50.9 Å². The Morgan fingerprint density at radius 1 is 0.949 bits per heavy atom. The lowest BCUT2D eigenvalue weighted by molar-refractivity contribution is -0.193. The van der Waals surface area contributed by atoms with E-state index in [1.165, 1.54) is 5.56 Å². The lowest BCUT2D eigenvalue weighted by Crippen LogP contribution is -2.51. The van der Waals surface area contributed by atoms with E-state index in [2.05, 4.69) is 25.8 Å². The molecule has 2 aliphatic heterocycles. The minimum atomic E-state index is -5.08. The van der Waals surface area contributed by atoms with Crippen LogP contribution in [0.4, 0.5) is 26.3 Å². The molecule has 9 nitrogen and oxygen atoms in total. The minimum absolute atomic E-state index is 0.271. The molecule has 214 valence electrons. The Bertz CT molecular complexity index is 1110. The first-order valence-electron chi connectivity index (χ1n) is 11.5. The van der Waals surface area contributed by atoms with Crippen molar-refractivity contribution >= 4 is 17.8 Å². The number of hydrogen-bond donors (Lipinski definition) is 2. The van der Waals surface area contributed by atoms with Gasteiger partial charge in [-0.05, 0) is 43.5 Å². The molecule has 2 aromatic rings. The molecule has 2 fully saturated rings. The van der Waals surface area contributed by atoms with Crippen LogP contribution in [0.2, 0.25) is 0 Å². The second kappa shape index (κ2) is 13.4. The molecule has 2 N–H and O–H groups in total. The SMILES string of the molecule is Cc1cccc(CN2C(=O)CC[C@@H]3[C@H]2CCN3Cc2cccnc2)n1.O=C(O)C(F)(F)F.O=C(O)C(F)(F)F. The summed E-state index contributed by atoms with van der Waals surface area (Å²) in [7, 11) is 0. The fraction of sp³-hybridized carbons (Fsp3) is 0.458. The quantitative estimate of drug-likeness (QED) is 0.538. The number of rotatable bonds is 4. The van der Waals surface area contributed by atoms with Gasteiger partial charge in [0.25, 0.3) is 0 Å². The summed E-state index contributed by atoms with van der Waals surface area (Å²) in [6.45, 7) is 4.58. The van der Waals surface area contributed by atoms with Gasteiger partial charge in [-0.1, -0.05) is 12.1 Å². The molecule has 4 heterocycles. The first-order chi connectivity index (χ1) is 18.1. The van der Waals surface area contributed by atoms with Crippen molar-refractivity contribution in [2.75, 3.05) is 6.54 Å². The maximum absolute atomic E-state index is 12.6. The molecule has 1 amide bonds. The summed E-state index contributed by atoms with van der Waals surface area (Å²) in [5.74, 6) is -5.24. The Morgan fingerprint density at radius 3 is 2.08 bits per heavy atom. The summed E-state index contributed by atoms with van der Waals surface area (Å²) < 4.78 is 63.5. The molecule has 0 saturated carbocycles. The molecule has 2 aromatic heterocycles. The van der Waals surface area contributed by atoms with Crippen LogP contribution < -0.4 is 0 Å². The molecule has 15 heteroatoms. The van der Waals surface area contributed by atoms with Crippen molar-refractivity contribution in [1.82, 2.24) is 19.8 Å². The number of halogens is 6. The number of aryl methyl sites for hydroxylation is 1. The number of aliphatic carboxylic acids is 2. The third-order valence-corrected chi connectivity index (χ3v) is 5.87. The monoisotopic (exact) mass is 564 g/mol. The third kappa shape index (κ3) is 9.81. The molecule has 2 atom stereocenters. The van der Waals surface area contributed by atoms with E-state index in [9.17, 15) is 31.1 Å². The molecular weight excluding hydrogens is 538 g/mol. The van der Waals surface area contributed by atoms with Gasteiger partial charge >= 0.3 is 24.3 Å². The van der Waals surface area contributed by atoms with E-state index in [1.54, 1.807) is 0 Å². The van der Waals surface area contributed by atoms with Gasteiger partial charge in [0.05, 0.1) is 12.2 Å². The average molecular weight is 564 g/mol. The van der Waals surface area contributed by atoms with Crippen LogP contribution in [-0.4, -0.2) is 78.8 Å². The van der Waals surface area contributed by atoms with Crippen LogP contribution in [-0.2, 0) is 27.5 Å². The number of carbonyl (C=O) groups is 3. The van der Waals surface area contributed by atoms with Gasteiger partial charge in [-0.2, -0.15) is 26.3 Å². The second-order valence-corrected chi connectivity index (χ2v) is 8.69. The van der Waals surface area contributed by atoms with Crippen molar-refractivity contribution in [2.24, 2.45) is 0 Å². The highest BCUT2D eigenvalue weighted by atomic mass is 19.4. The average Bonchev–Trinajstić information content (AvgIpc) is 3.24. The summed E-state index contributed by atoms with van der Waals surface area (Å²) in [6, 6.07) is 10.9. The molecule has 0 bridgehead atoms. The van der Waals surface area contributed by atoms with Gasteiger partial charge in [0, 0.05) is 49.7 Å². The van der Waals surface area contributed by atoms with E-state index in [-0.39, 0.29) is 5.91 Å². The predicted octanol–water partition coefficient (Wildman–Crippen LogP) is 3.82. The fourth-order valence-electron chi connectivity index (χ4n) is 4.23. The molecule has 0 radical (unpaired) electrons. The van der Waals surface area contributed by atoms with Crippen molar-refractivity contribution in [1.29, 1.82) is 0 Å². The van der Waals surface area contributed by atoms with Crippen LogP contribution in [0, 0.1) is 6.92 Å². The number of carbonyl (C=O) groups excluding carboxylic acids is 1. The van der Waals surface area contributed by atoms with Crippen LogP contribution in [0.3, 0.4) is 0 Å². The molecular formula is C24H26F6N4O5. The summed E-state index contributed by atoms with van der Waals surface area (Å²) in [5, 5.41) is 14.2. The molecule has 4 rings (SSSR count). The van der Waals surface area contributed by atoms with E-state index in [0.29, 0.717) is 25.0 Å². The lowest BCUT2D eigenvalue weighted by Gasteiger charge is -2.39. The number of likely N-dealkylation sites (tertiary alicyclic amines) is 2. The Labute approximate surface area is 219 Å². The topological polar surface area (TPSA) is 124 Å². The summed E-state index contributed by atoms with van der Waals surface area (Å²) in [4.78, 5) is 43.7. The Balaban J connectivity index is 0.000000317. The van der Waals surface area contributed by atoms with Gasteiger partial charge in [0.2, 0.25) is 5.91 Å². The molecule has 0 unspecified atom stereocenters. The van der Waals surface area contributed by atoms with Gasteiger partial charge in [-0.25, -0.2) is 9.59 Å². The molecule has 0 spiro atoms. The number of aromatic nitrogens is 2. The van der Waals surface area contributed by atoms with E-state index < -0.39 is 24.3 Å². The second-order valence-electron chi connectivity index (χ2n) is 8.69. The van der Waals surface area contributed by atoms with Crippen molar-refractivity contribution in [3.8, 4) is 0 Å². The number of fused-ring (bicyclic) bond motifs is 1. The van der Waals surface area contributed by atoms with Crippen LogP contribution in [0.5, 0.6) is 0 Å². The molecule has 2 aliphatic rings. The Kier molecular flexibility index (Phi) is 10.8. The predicted molar refractivity (Wildman–Crippen MR) is 123 cm³/mol. The van der Waals surface area contributed by atoms with Gasteiger partial charge in [-0.3, -0.25) is 19.7 Å². The van der Waals surface area contributed by atoms with Gasteiger partial charge in [0.1, 0.15) is 0 Å². The van der Waals surface area contributed by atoms with Crippen LogP contribution in [0.1, 0.15) is 36.2 Å². The maximum atomic E-state index is 12.6. The number of amides is 1. The van der Waals surface area contributed by atoms with Gasteiger partial charge < -0.3 is 15.1 Å². The van der Waals surface area contributed by atoms with E-state index in [4.69, 9.17) is 19.8 Å². The first-order valence-corrected chi connectivity index (χ1v) is 11.5. The molecule has 2 saturated heterocycles. The van der Waals surface area contributed by atoms with Crippen molar-refractivity contribution in [2.45, 2.75) is 63.7 Å². The fourth-order valence-corrected chi connectivity index (χ4v) is 4.23. The number of hydrogen-bond acceptors (Lipinski definition) is 6. The molecule has 39 heavy (non-hydrogen) atoms. The van der Waals surface area contributed by atoms with Crippen LogP contribution >= 0.6 is 0 Å². The van der Waals surface area contributed by atoms with E-state index >= 15 is 0 Å². The normalized spacial score (nSPS) is 19.3.